The first-order valence-electron chi connectivity index (χ1n) is 4.61. The van der Waals surface area contributed by atoms with E-state index in [1.54, 1.807) is 6.26 Å². The van der Waals surface area contributed by atoms with Crippen molar-refractivity contribution in [2.24, 2.45) is 5.41 Å². The van der Waals surface area contributed by atoms with Gasteiger partial charge < -0.3 is 0 Å². The van der Waals surface area contributed by atoms with Crippen molar-refractivity contribution in [3.8, 4) is 0 Å². The topological polar surface area (TPSA) is 34.1 Å². The highest BCUT2D eigenvalue weighted by molar-refractivity contribution is 8.71. The van der Waals surface area contributed by atoms with Gasteiger partial charge in [-0.05, 0) is 35.3 Å². The van der Waals surface area contributed by atoms with E-state index in [2.05, 4.69) is 20.8 Å². The van der Waals surface area contributed by atoms with Crippen LogP contribution in [0, 0.1) is 5.41 Å². The lowest BCUT2D eigenvalue weighted by Crippen LogP contribution is -2.15. The summed E-state index contributed by atoms with van der Waals surface area (Å²) in [6, 6.07) is 0. The van der Waals surface area contributed by atoms with Crippen molar-refractivity contribution in [3.05, 3.63) is 0 Å². The summed E-state index contributed by atoms with van der Waals surface area (Å²) >= 11 is 0. The summed E-state index contributed by atoms with van der Waals surface area (Å²) in [6.45, 7) is 6.39. The van der Waals surface area contributed by atoms with Crippen LogP contribution in [-0.4, -0.2) is 20.4 Å². The van der Waals surface area contributed by atoms with Gasteiger partial charge in [-0.1, -0.05) is 27.2 Å². The van der Waals surface area contributed by atoms with Crippen LogP contribution in [0.1, 0.15) is 40.0 Å². The third kappa shape index (κ3) is 6.38. The minimum atomic E-state index is -2.85. The zero-order valence-electron chi connectivity index (χ0n) is 8.96. The van der Waals surface area contributed by atoms with E-state index in [1.165, 1.54) is 0 Å². The molecule has 0 aliphatic carbocycles. The molecule has 0 aromatic heterocycles. The van der Waals surface area contributed by atoms with E-state index in [4.69, 9.17) is 0 Å². The molecule has 0 heterocycles. The van der Waals surface area contributed by atoms with Crippen LogP contribution in [0.2, 0.25) is 0 Å². The van der Waals surface area contributed by atoms with Gasteiger partial charge in [-0.25, -0.2) is 8.42 Å². The van der Waals surface area contributed by atoms with E-state index in [0.717, 1.165) is 30.1 Å². The van der Waals surface area contributed by atoms with Gasteiger partial charge in [0.15, 0.2) is 0 Å². The van der Waals surface area contributed by atoms with E-state index in [9.17, 15) is 8.42 Å². The molecule has 0 N–H and O–H groups in total. The minimum absolute atomic E-state index is 0.164. The molecule has 0 fully saturated rings. The maximum absolute atomic E-state index is 11.2. The normalized spacial score (nSPS) is 13.2. The van der Waals surface area contributed by atoms with Gasteiger partial charge in [0.05, 0.1) is 5.75 Å². The molecule has 0 saturated heterocycles. The average molecular weight is 224 g/mol. The Balaban J connectivity index is 4.01. The van der Waals surface area contributed by atoms with Gasteiger partial charge in [0, 0.05) is 0 Å². The van der Waals surface area contributed by atoms with Crippen LogP contribution in [0.3, 0.4) is 0 Å². The Bertz CT molecular complexity index is 230. The zero-order valence-corrected chi connectivity index (χ0v) is 10.6. The van der Waals surface area contributed by atoms with Crippen LogP contribution in [0.4, 0.5) is 0 Å². The van der Waals surface area contributed by atoms with Gasteiger partial charge in [0.25, 0.3) is 0 Å². The average Bonchev–Trinajstić information content (AvgIpc) is 2.02. The summed E-state index contributed by atoms with van der Waals surface area (Å²) in [5.74, 6) is 0.307. The predicted octanol–water partition coefficient (Wildman–Crippen LogP) is 2.90. The summed E-state index contributed by atoms with van der Waals surface area (Å²) in [6.07, 6.45) is 4.61. The smallest absolute Gasteiger partial charge is 0.201 e. The second-order valence-corrected chi connectivity index (χ2v) is 8.47. The summed E-state index contributed by atoms with van der Waals surface area (Å²) < 4.78 is 22.4. The Kier molecular flexibility index (Phi) is 5.37. The molecule has 2 nitrogen and oxygen atoms in total. The molecule has 0 bridgehead atoms. The van der Waals surface area contributed by atoms with Crippen LogP contribution >= 0.6 is 10.8 Å². The monoisotopic (exact) mass is 224 g/mol. The molecule has 0 aromatic carbocycles. The van der Waals surface area contributed by atoms with Gasteiger partial charge >= 0.3 is 0 Å². The van der Waals surface area contributed by atoms with Crippen molar-refractivity contribution in [1.29, 1.82) is 0 Å². The van der Waals surface area contributed by atoms with E-state index < -0.39 is 8.87 Å². The highest BCUT2D eigenvalue weighted by Crippen LogP contribution is 2.28. The van der Waals surface area contributed by atoms with Crippen molar-refractivity contribution in [2.45, 2.75) is 40.0 Å². The lowest BCUT2D eigenvalue weighted by Gasteiger charge is -2.23. The molecule has 0 aromatic rings. The largest absolute Gasteiger partial charge is 0.217 e. The van der Waals surface area contributed by atoms with E-state index >= 15 is 0 Å². The molecular weight excluding hydrogens is 204 g/mol. The SMILES string of the molecule is CCCC(C)(C)CCS(=O)(=O)SC. The highest BCUT2D eigenvalue weighted by Gasteiger charge is 2.20. The van der Waals surface area contributed by atoms with Crippen LogP contribution in [-0.2, 0) is 8.87 Å². The van der Waals surface area contributed by atoms with Gasteiger partial charge in [0.2, 0.25) is 8.87 Å². The van der Waals surface area contributed by atoms with E-state index in [0.29, 0.717) is 5.75 Å². The number of rotatable bonds is 6. The second-order valence-electron chi connectivity index (χ2n) is 4.09. The summed E-state index contributed by atoms with van der Waals surface area (Å²) in [5.41, 5.74) is 0.164. The number of hydrogen-bond acceptors (Lipinski definition) is 3. The molecule has 0 saturated carbocycles. The molecule has 0 aliphatic rings. The molecule has 0 aliphatic heterocycles. The predicted molar refractivity (Wildman–Crippen MR) is 60.6 cm³/mol. The molecule has 0 radical (unpaired) electrons. The maximum Gasteiger partial charge on any atom is 0.201 e. The minimum Gasteiger partial charge on any atom is -0.217 e. The Morgan fingerprint density at radius 2 is 1.77 bits per heavy atom. The fourth-order valence-electron chi connectivity index (χ4n) is 1.29. The summed E-state index contributed by atoms with van der Waals surface area (Å²) in [7, 11) is -1.90. The summed E-state index contributed by atoms with van der Waals surface area (Å²) in [5, 5.41) is 0. The van der Waals surface area contributed by atoms with Crippen molar-refractivity contribution >= 4 is 19.7 Å². The lowest BCUT2D eigenvalue weighted by atomic mass is 9.85. The van der Waals surface area contributed by atoms with E-state index in [1.807, 2.05) is 0 Å². The van der Waals surface area contributed by atoms with Gasteiger partial charge in [-0.3, -0.25) is 0 Å². The van der Waals surface area contributed by atoms with Crippen LogP contribution in [0.5, 0.6) is 0 Å². The molecule has 4 heteroatoms. The molecule has 0 spiro atoms. The van der Waals surface area contributed by atoms with Crippen molar-refractivity contribution in [2.75, 3.05) is 12.0 Å². The fourth-order valence-corrected chi connectivity index (χ4v) is 3.01. The third-order valence-electron chi connectivity index (χ3n) is 2.21. The first kappa shape index (κ1) is 13.3. The number of hydrogen-bond donors (Lipinski definition) is 0. The Hall–Kier alpha value is 0.300. The van der Waals surface area contributed by atoms with Gasteiger partial charge in [0.1, 0.15) is 0 Å². The van der Waals surface area contributed by atoms with Gasteiger partial charge in [-0.15, -0.1) is 0 Å². The zero-order chi connectivity index (χ0) is 10.5. The standard InChI is InChI=1S/C9H20O2S2/c1-5-6-9(2,3)7-8-13(10,11)12-4/h5-8H2,1-4H3. The van der Waals surface area contributed by atoms with Crippen LogP contribution in [0.15, 0.2) is 0 Å². The second kappa shape index (κ2) is 5.25. The molecule has 0 rings (SSSR count). The molecule has 0 unspecified atom stereocenters. The quantitative estimate of drug-likeness (QED) is 0.651. The summed E-state index contributed by atoms with van der Waals surface area (Å²) in [4.78, 5) is 0. The maximum atomic E-state index is 11.2. The molecule has 80 valence electrons. The van der Waals surface area contributed by atoms with Crippen molar-refractivity contribution in [1.82, 2.24) is 0 Å². The molecular formula is C9H20O2S2. The van der Waals surface area contributed by atoms with Crippen molar-refractivity contribution < 1.29 is 8.42 Å². The van der Waals surface area contributed by atoms with Gasteiger partial charge in [-0.2, -0.15) is 0 Å². The van der Waals surface area contributed by atoms with Crippen LogP contribution in [0.25, 0.3) is 0 Å². The van der Waals surface area contributed by atoms with Crippen LogP contribution < -0.4 is 0 Å². The van der Waals surface area contributed by atoms with Crippen molar-refractivity contribution in [3.63, 3.8) is 0 Å². The highest BCUT2D eigenvalue weighted by atomic mass is 33.1. The first-order valence-corrected chi connectivity index (χ1v) is 8.00. The Labute approximate surface area is 85.8 Å². The lowest BCUT2D eigenvalue weighted by molar-refractivity contribution is 0.320. The first-order chi connectivity index (χ1) is 5.83. The molecule has 0 atom stereocenters. The Morgan fingerprint density at radius 1 is 1.23 bits per heavy atom. The third-order valence-corrected chi connectivity index (χ3v) is 5.45. The molecule has 13 heavy (non-hydrogen) atoms. The van der Waals surface area contributed by atoms with E-state index in [-0.39, 0.29) is 5.41 Å². The molecule has 0 amide bonds. The fraction of sp³-hybridized carbons (Fsp3) is 1.00. The Morgan fingerprint density at radius 3 is 2.15 bits per heavy atom.